The Morgan fingerprint density at radius 3 is 3.04 bits per heavy atom. The molecule has 0 saturated carbocycles. The van der Waals surface area contributed by atoms with Crippen molar-refractivity contribution >= 4 is 22.5 Å². The van der Waals surface area contributed by atoms with Crippen LogP contribution in [-0.4, -0.2) is 30.8 Å². The van der Waals surface area contributed by atoms with E-state index in [9.17, 15) is 9.18 Å². The van der Waals surface area contributed by atoms with Crippen molar-refractivity contribution in [1.29, 1.82) is 0 Å². The van der Waals surface area contributed by atoms with Crippen LogP contribution in [0.3, 0.4) is 0 Å². The number of thiazole rings is 1. The average Bonchev–Trinajstić information content (AvgIpc) is 3.02. The van der Waals surface area contributed by atoms with E-state index in [0.29, 0.717) is 28.7 Å². The lowest BCUT2D eigenvalue weighted by atomic mass is 10.2. The first kappa shape index (κ1) is 15.6. The number of nitrogens with zero attached hydrogens (tertiary/aromatic N) is 1. The number of carbonyl (C=O) groups is 1. The highest BCUT2D eigenvalue weighted by atomic mass is 32.1. The molecule has 1 aromatic heterocycles. The molecule has 3 rings (SSSR count). The van der Waals surface area contributed by atoms with E-state index in [4.69, 9.17) is 4.74 Å². The zero-order chi connectivity index (χ0) is 16.1. The lowest BCUT2D eigenvalue weighted by molar-refractivity contribution is 0.149. The molecule has 0 aliphatic carbocycles. The Morgan fingerprint density at radius 2 is 2.26 bits per heavy atom. The van der Waals surface area contributed by atoms with Gasteiger partial charge in [0.1, 0.15) is 5.82 Å². The number of halogens is 1. The van der Waals surface area contributed by atoms with Gasteiger partial charge in [-0.25, -0.2) is 14.2 Å². The third kappa shape index (κ3) is 4.14. The Balaban J connectivity index is 1.57. The van der Waals surface area contributed by atoms with Crippen LogP contribution >= 0.6 is 11.3 Å². The van der Waals surface area contributed by atoms with Crippen LogP contribution in [-0.2, 0) is 4.74 Å². The van der Waals surface area contributed by atoms with Crippen LogP contribution in [0, 0.1) is 5.82 Å². The van der Waals surface area contributed by atoms with E-state index in [1.54, 1.807) is 24.4 Å². The van der Waals surface area contributed by atoms with Gasteiger partial charge >= 0.3 is 6.03 Å². The van der Waals surface area contributed by atoms with Gasteiger partial charge in [0.15, 0.2) is 5.13 Å². The summed E-state index contributed by atoms with van der Waals surface area (Å²) in [5, 5.41) is 5.84. The third-order valence-electron chi connectivity index (χ3n) is 3.32. The van der Waals surface area contributed by atoms with Gasteiger partial charge < -0.3 is 10.1 Å². The van der Waals surface area contributed by atoms with Crippen LogP contribution in [0.2, 0.25) is 0 Å². The second-order valence-electron chi connectivity index (χ2n) is 5.02. The topological polar surface area (TPSA) is 63.2 Å². The molecule has 23 heavy (non-hydrogen) atoms. The fourth-order valence-electron chi connectivity index (χ4n) is 2.18. The molecule has 2 aromatic rings. The molecule has 2 heterocycles. The maximum absolute atomic E-state index is 13.7. The van der Waals surface area contributed by atoms with Crippen molar-refractivity contribution < 1.29 is 13.9 Å². The summed E-state index contributed by atoms with van der Waals surface area (Å²) in [5.74, 6) is -0.309. The monoisotopic (exact) mass is 333 g/mol. The van der Waals surface area contributed by atoms with Crippen LogP contribution in [0.5, 0.6) is 0 Å². The number of benzene rings is 1. The van der Waals surface area contributed by atoms with Crippen LogP contribution in [0.25, 0.3) is 10.4 Å². The summed E-state index contributed by atoms with van der Waals surface area (Å²) >= 11 is 1.23. The van der Waals surface area contributed by atoms with E-state index in [2.05, 4.69) is 21.7 Å². The first-order chi connectivity index (χ1) is 11.2. The number of nitrogens with one attached hydrogen (secondary N) is 2. The minimum absolute atomic E-state index is 0.309. The molecule has 0 spiro atoms. The largest absolute Gasteiger partial charge is 0.377 e. The molecule has 7 heteroatoms. The van der Waals surface area contributed by atoms with Crippen molar-refractivity contribution in [3.63, 3.8) is 0 Å². The van der Waals surface area contributed by atoms with Gasteiger partial charge in [0.05, 0.1) is 18.1 Å². The zero-order valence-electron chi connectivity index (χ0n) is 12.3. The van der Waals surface area contributed by atoms with Gasteiger partial charge in [0.2, 0.25) is 0 Å². The Kier molecular flexibility index (Phi) is 4.99. The van der Waals surface area contributed by atoms with Gasteiger partial charge in [-0.3, -0.25) is 5.32 Å². The Morgan fingerprint density at radius 1 is 1.39 bits per heavy atom. The highest BCUT2D eigenvalue weighted by molar-refractivity contribution is 7.19. The lowest BCUT2D eigenvalue weighted by Crippen LogP contribution is -2.31. The molecular formula is C16H16FN3O2S. The quantitative estimate of drug-likeness (QED) is 0.843. The zero-order valence-corrected chi connectivity index (χ0v) is 13.2. The summed E-state index contributed by atoms with van der Waals surface area (Å²) in [6.07, 6.45) is 4.50. The van der Waals surface area contributed by atoms with Crippen molar-refractivity contribution in [3.05, 3.63) is 47.9 Å². The molecule has 0 unspecified atom stereocenters. The predicted molar refractivity (Wildman–Crippen MR) is 88.0 cm³/mol. The molecule has 0 saturated heterocycles. The van der Waals surface area contributed by atoms with Crippen molar-refractivity contribution in [2.24, 2.45) is 0 Å². The first-order valence-electron chi connectivity index (χ1n) is 7.23. The molecule has 2 N–H and O–H groups in total. The van der Waals surface area contributed by atoms with Gasteiger partial charge in [0.25, 0.3) is 0 Å². The number of hydrogen-bond donors (Lipinski definition) is 2. The summed E-state index contributed by atoms with van der Waals surface area (Å²) in [5.41, 5.74) is 1.53. The SMILES string of the molecule is O=C(NCC1=CCCOC1)Nc1ncc(-c2ccccc2F)s1. The number of hydrogen-bond acceptors (Lipinski definition) is 4. The van der Waals surface area contributed by atoms with Crippen molar-refractivity contribution in [1.82, 2.24) is 10.3 Å². The maximum atomic E-state index is 13.7. The van der Waals surface area contributed by atoms with E-state index >= 15 is 0 Å². The normalized spacial score (nSPS) is 14.2. The lowest BCUT2D eigenvalue weighted by Gasteiger charge is -2.14. The molecule has 5 nitrogen and oxygen atoms in total. The molecule has 120 valence electrons. The molecule has 1 aliphatic rings. The summed E-state index contributed by atoms with van der Waals surface area (Å²) in [7, 11) is 0. The molecule has 0 bridgehead atoms. The smallest absolute Gasteiger partial charge is 0.321 e. The number of anilines is 1. The second-order valence-corrected chi connectivity index (χ2v) is 6.05. The summed E-state index contributed by atoms with van der Waals surface area (Å²) in [6, 6.07) is 6.14. The van der Waals surface area contributed by atoms with E-state index < -0.39 is 0 Å². The number of ether oxygens (including phenoxy) is 1. The van der Waals surface area contributed by atoms with Gasteiger partial charge in [-0.15, -0.1) is 0 Å². The third-order valence-corrected chi connectivity index (χ3v) is 4.27. The molecule has 2 amide bonds. The van der Waals surface area contributed by atoms with E-state index in [1.165, 1.54) is 17.4 Å². The number of aromatic nitrogens is 1. The van der Waals surface area contributed by atoms with Crippen molar-refractivity contribution in [3.8, 4) is 10.4 Å². The van der Waals surface area contributed by atoms with Crippen LogP contribution < -0.4 is 10.6 Å². The first-order valence-corrected chi connectivity index (χ1v) is 8.05. The molecule has 1 aromatic carbocycles. The van der Waals surface area contributed by atoms with Crippen molar-refractivity contribution in [2.75, 3.05) is 25.1 Å². The highest BCUT2D eigenvalue weighted by Crippen LogP contribution is 2.30. The molecule has 0 fully saturated rings. The van der Waals surface area contributed by atoms with E-state index in [-0.39, 0.29) is 11.8 Å². The van der Waals surface area contributed by atoms with Crippen LogP contribution in [0.4, 0.5) is 14.3 Å². The average molecular weight is 333 g/mol. The number of rotatable bonds is 4. The fourth-order valence-corrected chi connectivity index (χ4v) is 3.02. The molecule has 0 atom stereocenters. The molecular weight excluding hydrogens is 317 g/mol. The summed E-state index contributed by atoms with van der Waals surface area (Å²) in [6.45, 7) is 1.72. The van der Waals surface area contributed by atoms with E-state index in [0.717, 1.165) is 18.6 Å². The molecule has 1 aliphatic heterocycles. The maximum Gasteiger partial charge on any atom is 0.321 e. The highest BCUT2D eigenvalue weighted by Gasteiger charge is 2.11. The number of amides is 2. The second kappa shape index (κ2) is 7.34. The minimum Gasteiger partial charge on any atom is -0.377 e. The summed E-state index contributed by atoms with van der Waals surface area (Å²) < 4.78 is 19.0. The fraction of sp³-hybridized carbons (Fsp3) is 0.250. The Hall–Kier alpha value is -2.25. The van der Waals surface area contributed by atoms with E-state index in [1.807, 2.05) is 0 Å². The number of urea groups is 1. The number of carbonyl (C=O) groups excluding carboxylic acids is 1. The van der Waals surface area contributed by atoms with Gasteiger partial charge in [0, 0.05) is 18.3 Å². The Labute approximate surface area is 137 Å². The van der Waals surface area contributed by atoms with Crippen LogP contribution in [0.15, 0.2) is 42.1 Å². The van der Waals surface area contributed by atoms with Crippen molar-refractivity contribution in [2.45, 2.75) is 6.42 Å². The summed E-state index contributed by atoms with van der Waals surface area (Å²) in [4.78, 5) is 16.6. The molecule has 0 radical (unpaired) electrons. The standard InChI is InChI=1S/C16H16FN3O2S/c17-13-6-2-1-5-12(13)14-9-19-16(23-14)20-15(21)18-8-11-4-3-7-22-10-11/h1-2,4-6,9H,3,7-8,10H2,(H2,18,19,20,21). The van der Waals surface area contributed by atoms with Crippen LogP contribution in [0.1, 0.15) is 6.42 Å². The van der Waals surface area contributed by atoms with Gasteiger partial charge in [-0.05, 0) is 18.1 Å². The minimum atomic E-state index is -0.342. The predicted octanol–water partition coefficient (Wildman–Crippen LogP) is 3.42. The van der Waals surface area contributed by atoms with Gasteiger partial charge in [-0.1, -0.05) is 35.6 Å². The van der Waals surface area contributed by atoms with Gasteiger partial charge in [-0.2, -0.15) is 0 Å². The Bertz CT molecular complexity index is 730.